The maximum atomic E-state index is 11.8. The van der Waals surface area contributed by atoms with E-state index in [-0.39, 0.29) is 17.7 Å². The minimum atomic E-state index is -0.423. The molecule has 1 aliphatic heterocycles. The third-order valence-electron chi connectivity index (χ3n) is 6.49. The van der Waals surface area contributed by atoms with E-state index in [2.05, 4.69) is 61.4 Å². The molecule has 1 aliphatic rings. The summed E-state index contributed by atoms with van der Waals surface area (Å²) < 4.78 is 0. The highest BCUT2D eigenvalue weighted by molar-refractivity contribution is 6.30. The molecule has 0 aliphatic carbocycles. The summed E-state index contributed by atoms with van der Waals surface area (Å²) in [5.41, 5.74) is 3.40. The summed E-state index contributed by atoms with van der Waals surface area (Å²) in [5.74, 6) is 0.562. The molecule has 43 heavy (non-hydrogen) atoms. The third kappa shape index (κ3) is 18.6. The van der Waals surface area contributed by atoms with E-state index in [4.69, 9.17) is 21.5 Å². The topological polar surface area (TPSA) is 116 Å². The first kappa shape index (κ1) is 43.9. The molecule has 240 valence electrons. The summed E-state index contributed by atoms with van der Waals surface area (Å²) >= 11 is 5.94. The first-order valence-electron chi connectivity index (χ1n) is 13.8. The van der Waals surface area contributed by atoms with Crippen LogP contribution in [0.15, 0.2) is 48.5 Å². The monoisotopic (exact) mass is 617 g/mol. The van der Waals surface area contributed by atoms with E-state index in [1.807, 2.05) is 51.8 Å². The predicted molar refractivity (Wildman–Crippen MR) is 178 cm³/mol. The van der Waals surface area contributed by atoms with Crippen molar-refractivity contribution in [3.8, 4) is 12.8 Å². The van der Waals surface area contributed by atoms with E-state index in [0.29, 0.717) is 16.9 Å². The van der Waals surface area contributed by atoms with Gasteiger partial charge in [-0.25, -0.2) is 0 Å². The van der Waals surface area contributed by atoms with Crippen LogP contribution in [-0.2, 0) is 14.4 Å². The van der Waals surface area contributed by atoms with Crippen LogP contribution in [0.1, 0.15) is 68.4 Å². The van der Waals surface area contributed by atoms with Gasteiger partial charge in [-0.2, -0.15) is 0 Å². The van der Waals surface area contributed by atoms with Crippen molar-refractivity contribution in [1.29, 1.82) is 0 Å². The third-order valence-corrected chi connectivity index (χ3v) is 6.74. The van der Waals surface area contributed by atoms with E-state index in [1.54, 1.807) is 19.2 Å². The number of hydrogen-bond acceptors (Lipinski definition) is 6. The van der Waals surface area contributed by atoms with Crippen LogP contribution in [0.5, 0.6) is 0 Å². The van der Waals surface area contributed by atoms with Crippen LogP contribution >= 0.6 is 11.6 Å². The summed E-state index contributed by atoms with van der Waals surface area (Å²) in [5, 5.41) is 12.9. The molecule has 1 saturated heterocycles. The van der Waals surface area contributed by atoms with Crippen molar-refractivity contribution in [2.24, 2.45) is 11.3 Å². The van der Waals surface area contributed by atoms with Gasteiger partial charge in [0.25, 0.3) is 5.91 Å². The van der Waals surface area contributed by atoms with Crippen LogP contribution < -0.4 is 10.6 Å². The van der Waals surface area contributed by atoms with E-state index in [1.165, 1.54) is 32.0 Å². The standard InChI is InChI=1S/C14H20ClN.C13H17NO2.C3H7NO.C2H2.CH4O.CH2O/c1-14(2)10-16(3)9-8-13(14)11-4-6-12(15)7-5-11;1-9(2)12(8-15)14-13(16)11-6-4-5-10(3)7-11;1-3(5)4-2;3*1-2/h4-7,13H,8-10H2,1-3H3;4-9,12H,1-3H3,(H,14,16);1-2H3,(H,4,5);1-2H;2H,1H3;1H2. The largest absolute Gasteiger partial charge is 0.400 e. The van der Waals surface area contributed by atoms with E-state index >= 15 is 0 Å². The molecule has 1 fully saturated rings. The molecule has 2 aromatic rings. The average Bonchev–Trinajstić information content (AvgIpc) is 2.99. The highest BCUT2D eigenvalue weighted by Gasteiger charge is 2.35. The summed E-state index contributed by atoms with van der Waals surface area (Å²) in [7, 11) is 4.81. The fourth-order valence-electron chi connectivity index (χ4n) is 4.32. The normalized spacial score (nSPS) is 15.2. The second-order valence-electron chi connectivity index (χ2n) is 10.7. The second kappa shape index (κ2) is 25.0. The number of terminal acetylenes is 1. The first-order valence-corrected chi connectivity index (χ1v) is 14.2. The van der Waals surface area contributed by atoms with Crippen molar-refractivity contribution >= 4 is 36.5 Å². The summed E-state index contributed by atoms with van der Waals surface area (Å²) in [6, 6.07) is 15.2. The molecule has 3 rings (SSSR count). The number of nitrogens with one attached hydrogen (secondary N) is 2. The number of aryl methyl sites for hydroxylation is 1. The van der Waals surface area contributed by atoms with Crippen LogP contribution in [0.25, 0.3) is 0 Å². The van der Waals surface area contributed by atoms with E-state index in [0.717, 1.165) is 24.0 Å². The van der Waals surface area contributed by atoms with Gasteiger partial charge >= 0.3 is 0 Å². The smallest absolute Gasteiger partial charge is 0.251 e. The van der Waals surface area contributed by atoms with Gasteiger partial charge in [-0.05, 0) is 74.0 Å². The summed E-state index contributed by atoms with van der Waals surface area (Å²) in [6.45, 7) is 16.3. The molecule has 0 aromatic heterocycles. The van der Waals surface area contributed by atoms with Crippen molar-refractivity contribution in [3.05, 3.63) is 70.2 Å². The average molecular weight is 618 g/mol. The van der Waals surface area contributed by atoms with Gasteiger partial charge in [0.15, 0.2) is 0 Å². The van der Waals surface area contributed by atoms with Crippen LogP contribution in [0, 0.1) is 31.1 Å². The number of piperidine rings is 1. The molecule has 9 heteroatoms. The Morgan fingerprint density at radius 3 is 2.02 bits per heavy atom. The van der Waals surface area contributed by atoms with Crippen LogP contribution in [0.4, 0.5) is 0 Å². The van der Waals surface area contributed by atoms with Crippen LogP contribution in [-0.4, -0.2) is 75.2 Å². The molecule has 2 aromatic carbocycles. The van der Waals surface area contributed by atoms with Gasteiger partial charge in [0, 0.05) is 38.2 Å². The number of amides is 2. The number of halogens is 1. The molecule has 2 amide bonds. The van der Waals surface area contributed by atoms with Crippen molar-refractivity contribution in [3.63, 3.8) is 0 Å². The molecule has 0 radical (unpaired) electrons. The van der Waals surface area contributed by atoms with Gasteiger partial charge in [0.1, 0.15) is 13.1 Å². The molecule has 1 heterocycles. The van der Waals surface area contributed by atoms with Crippen LogP contribution in [0.2, 0.25) is 5.02 Å². The lowest BCUT2D eigenvalue weighted by molar-refractivity contribution is -0.118. The quantitative estimate of drug-likeness (QED) is 0.315. The predicted octanol–water partition coefficient (Wildman–Crippen LogP) is 5.16. The number of nitrogens with zero attached hydrogens (tertiary/aromatic N) is 1. The molecule has 0 saturated carbocycles. The molecule has 2 unspecified atom stereocenters. The number of aldehydes is 1. The second-order valence-corrected chi connectivity index (χ2v) is 11.1. The SMILES string of the molecule is C#C.C=O.CN1CCC(c2ccc(Cl)cc2)C(C)(C)C1.CNC(C)=O.CO.Cc1cccc(C(=O)NC(C=O)C(C)C)c1. The van der Waals surface area contributed by atoms with Gasteiger partial charge in [0.05, 0.1) is 6.04 Å². The number of likely N-dealkylation sites (tertiary alicyclic amines) is 1. The van der Waals surface area contributed by atoms with Crippen molar-refractivity contribution in [2.45, 2.75) is 59.9 Å². The maximum Gasteiger partial charge on any atom is 0.251 e. The van der Waals surface area contributed by atoms with Crippen molar-refractivity contribution in [2.75, 3.05) is 34.3 Å². The number of hydrogen-bond donors (Lipinski definition) is 3. The fraction of sp³-hybridized carbons (Fsp3) is 0.471. The maximum absolute atomic E-state index is 11.8. The number of carbonyl (C=O) groups excluding carboxylic acids is 4. The number of rotatable bonds is 5. The molecular formula is C34H52ClN3O5. The molecule has 0 bridgehead atoms. The summed E-state index contributed by atoms with van der Waals surface area (Å²) in [6.07, 6.45) is 10.0. The lowest BCUT2D eigenvalue weighted by atomic mass is 9.71. The minimum Gasteiger partial charge on any atom is -0.400 e. The van der Waals surface area contributed by atoms with Gasteiger partial charge < -0.3 is 30.2 Å². The van der Waals surface area contributed by atoms with Crippen molar-refractivity contribution < 1.29 is 24.3 Å². The Morgan fingerprint density at radius 2 is 1.63 bits per heavy atom. The number of aliphatic hydroxyl groups is 1. The molecular weight excluding hydrogens is 566 g/mol. The van der Waals surface area contributed by atoms with E-state index in [9.17, 15) is 14.4 Å². The summed E-state index contributed by atoms with van der Waals surface area (Å²) in [4.78, 5) is 42.7. The van der Waals surface area contributed by atoms with Crippen molar-refractivity contribution in [1.82, 2.24) is 15.5 Å². The zero-order chi connectivity index (χ0) is 34.2. The Kier molecular flexibility index (Phi) is 25.6. The van der Waals surface area contributed by atoms with Crippen LogP contribution in [0.3, 0.4) is 0 Å². The Morgan fingerprint density at radius 1 is 1.12 bits per heavy atom. The lowest BCUT2D eigenvalue weighted by Crippen LogP contribution is -2.42. The molecule has 2 atom stereocenters. The van der Waals surface area contributed by atoms with Gasteiger partial charge in [-0.1, -0.05) is 69.1 Å². The highest BCUT2D eigenvalue weighted by atomic mass is 35.5. The zero-order valence-corrected chi connectivity index (χ0v) is 28.1. The fourth-order valence-corrected chi connectivity index (χ4v) is 4.44. The van der Waals surface area contributed by atoms with Gasteiger partial charge in [0.2, 0.25) is 5.91 Å². The Hall–Kier alpha value is -3.51. The van der Waals surface area contributed by atoms with E-state index < -0.39 is 6.04 Å². The Bertz CT molecular complexity index is 1070. The van der Waals surface area contributed by atoms with Gasteiger partial charge in [-0.15, -0.1) is 12.8 Å². The number of aliphatic hydroxyl groups excluding tert-OH is 1. The number of carbonyl (C=O) groups is 4. The highest BCUT2D eigenvalue weighted by Crippen LogP contribution is 2.41. The molecule has 3 N–H and O–H groups in total. The lowest BCUT2D eigenvalue weighted by Gasteiger charge is -2.43. The van der Waals surface area contributed by atoms with Gasteiger partial charge in [-0.3, -0.25) is 9.59 Å². The molecule has 0 spiro atoms. The minimum absolute atomic E-state index is 0.00463. The zero-order valence-electron chi connectivity index (χ0n) is 27.3. The molecule has 8 nitrogen and oxygen atoms in total. The number of benzene rings is 2. The first-order chi connectivity index (χ1) is 20.3. The Balaban J connectivity index is -0.000000560. The Labute approximate surface area is 264 Å².